The summed E-state index contributed by atoms with van der Waals surface area (Å²) in [5, 5.41) is 16.8. The standard InChI is InChI=1S/C6H8O4.CH4/c7-5(8)3-1-2-4(3)6(9)10;/h3-4H,1-2H2,(H,7,8)(H,9,10);1H4/t3-,4-;/m0./s1. The molecule has 0 aromatic rings. The third-order valence-electron chi connectivity index (χ3n) is 1.91. The van der Waals surface area contributed by atoms with E-state index in [2.05, 4.69) is 0 Å². The molecule has 1 fully saturated rings. The Morgan fingerprint density at radius 1 is 1.00 bits per heavy atom. The van der Waals surface area contributed by atoms with Crippen LogP contribution in [0.5, 0.6) is 0 Å². The fourth-order valence-corrected chi connectivity index (χ4v) is 1.09. The van der Waals surface area contributed by atoms with Gasteiger partial charge in [-0.25, -0.2) is 0 Å². The minimum absolute atomic E-state index is 0. The molecule has 1 aliphatic carbocycles. The zero-order valence-corrected chi connectivity index (χ0v) is 5.28. The van der Waals surface area contributed by atoms with Gasteiger partial charge >= 0.3 is 11.9 Å². The van der Waals surface area contributed by atoms with E-state index in [-0.39, 0.29) is 7.43 Å². The molecule has 0 spiro atoms. The Kier molecular flexibility index (Phi) is 3.04. The highest BCUT2D eigenvalue weighted by molar-refractivity contribution is 5.81. The highest BCUT2D eigenvalue weighted by Gasteiger charge is 2.41. The van der Waals surface area contributed by atoms with E-state index in [0.717, 1.165) is 0 Å². The lowest BCUT2D eigenvalue weighted by Crippen LogP contribution is -2.37. The van der Waals surface area contributed by atoms with Crippen LogP contribution in [0.3, 0.4) is 0 Å². The van der Waals surface area contributed by atoms with E-state index in [0.29, 0.717) is 12.8 Å². The van der Waals surface area contributed by atoms with Crippen LogP contribution in [0.2, 0.25) is 0 Å². The van der Waals surface area contributed by atoms with Crippen molar-refractivity contribution in [1.82, 2.24) is 0 Å². The van der Waals surface area contributed by atoms with Gasteiger partial charge in [-0.1, -0.05) is 7.43 Å². The molecule has 0 unspecified atom stereocenters. The van der Waals surface area contributed by atoms with Crippen LogP contribution < -0.4 is 0 Å². The Hall–Kier alpha value is -1.06. The van der Waals surface area contributed by atoms with E-state index in [1.165, 1.54) is 0 Å². The molecule has 1 rings (SSSR count). The zero-order chi connectivity index (χ0) is 7.72. The fourth-order valence-electron chi connectivity index (χ4n) is 1.09. The second-order valence-corrected chi connectivity index (χ2v) is 2.47. The van der Waals surface area contributed by atoms with Gasteiger partial charge in [0.1, 0.15) is 0 Å². The Morgan fingerprint density at radius 2 is 1.27 bits per heavy atom. The van der Waals surface area contributed by atoms with Gasteiger partial charge in [0.15, 0.2) is 0 Å². The molecule has 11 heavy (non-hydrogen) atoms. The first-order valence-electron chi connectivity index (χ1n) is 3.08. The van der Waals surface area contributed by atoms with Gasteiger partial charge in [0, 0.05) is 0 Å². The number of hydrogen-bond donors (Lipinski definition) is 2. The summed E-state index contributed by atoms with van der Waals surface area (Å²) in [5.41, 5.74) is 0. The van der Waals surface area contributed by atoms with Gasteiger partial charge in [-0.05, 0) is 12.8 Å². The lowest BCUT2D eigenvalue weighted by atomic mass is 9.74. The Balaban J connectivity index is 0.000001000. The van der Waals surface area contributed by atoms with Crippen LogP contribution in [-0.2, 0) is 9.59 Å². The molecule has 0 radical (unpaired) electrons. The van der Waals surface area contributed by atoms with Crippen molar-refractivity contribution >= 4 is 11.9 Å². The summed E-state index contributed by atoms with van der Waals surface area (Å²) in [6.45, 7) is 0. The maximum atomic E-state index is 10.2. The molecule has 0 amide bonds. The third-order valence-corrected chi connectivity index (χ3v) is 1.91. The van der Waals surface area contributed by atoms with Crippen LogP contribution in [0.4, 0.5) is 0 Å². The second-order valence-electron chi connectivity index (χ2n) is 2.47. The van der Waals surface area contributed by atoms with Crippen LogP contribution in [0.1, 0.15) is 20.3 Å². The average Bonchev–Trinajstić information content (AvgIpc) is 1.56. The first-order valence-corrected chi connectivity index (χ1v) is 3.08. The van der Waals surface area contributed by atoms with E-state index < -0.39 is 23.8 Å². The summed E-state index contributed by atoms with van der Waals surface area (Å²) in [5.74, 6) is -3.26. The van der Waals surface area contributed by atoms with Crippen molar-refractivity contribution in [3.8, 4) is 0 Å². The van der Waals surface area contributed by atoms with E-state index in [9.17, 15) is 9.59 Å². The molecular weight excluding hydrogens is 148 g/mol. The maximum Gasteiger partial charge on any atom is 0.307 e. The molecule has 1 saturated carbocycles. The maximum absolute atomic E-state index is 10.2. The molecule has 0 saturated heterocycles. The average molecular weight is 160 g/mol. The highest BCUT2D eigenvalue weighted by atomic mass is 16.4. The molecular formula is C7H12O4. The summed E-state index contributed by atoms with van der Waals surface area (Å²) in [7, 11) is 0. The Bertz CT molecular complexity index is 155. The zero-order valence-electron chi connectivity index (χ0n) is 5.28. The number of carboxylic acids is 2. The predicted octanol–water partition coefficient (Wildman–Crippen LogP) is 0.818. The van der Waals surface area contributed by atoms with Gasteiger partial charge < -0.3 is 10.2 Å². The molecule has 0 heterocycles. The van der Waals surface area contributed by atoms with Gasteiger partial charge in [0.05, 0.1) is 11.8 Å². The first-order chi connectivity index (χ1) is 4.63. The smallest absolute Gasteiger partial charge is 0.307 e. The van der Waals surface area contributed by atoms with Crippen molar-refractivity contribution in [2.75, 3.05) is 0 Å². The fraction of sp³-hybridized carbons (Fsp3) is 0.714. The predicted molar refractivity (Wildman–Crippen MR) is 38.2 cm³/mol. The number of carbonyl (C=O) groups is 2. The Labute approximate surface area is 64.8 Å². The van der Waals surface area contributed by atoms with E-state index in [1.807, 2.05) is 0 Å². The van der Waals surface area contributed by atoms with Crippen LogP contribution in [-0.4, -0.2) is 22.2 Å². The van der Waals surface area contributed by atoms with Crippen LogP contribution in [0, 0.1) is 11.8 Å². The summed E-state index contributed by atoms with van der Waals surface area (Å²) < 4.78 is 0. The lowest BCUT2D eigenvalue weighted by molar-refractivity contribution is -0.160. The van der Waals surface area contributed by atoms with E-state index in [1.54, 1.807) is 0 Å². The van der Waals surface area contributed by atoms with Crippen LogP contribution in [0.15, 0.2) is 0 Å². The summed E-state index contributed by atoms with van der Waals surface area (Å²) in [6, 6.07) is 0. The van der Waals surface area contributed by atoms with Crippen molar-refractivity contribution in [1.29, 1.82) is 0 Å². The molecule has 0 bridgehead atoms. The molecule has 0 aromatic heterocycles. The van der Waals surface area contributed by atoms with Crippen molar-refractivity contribution in [3.63, 3.8) is 0 Å². The van der Waals surface area contributed by atoms with Crippen LogP contribution >= 0.6 is 0 Å². The molecule has 2 N–H and O–H groups in total. The lowest BCUT2D eigenvalue weighted by Gasteiger charge is -2.29. The largest absolute Gasteiger partial charge is 0.481 e. The summed E-state index contributed by atoms with van der Waals surface area (Å²) in [4.78, 5) is 20.5. The molecule has 2 atom stereocenters. The van der Waals surface area contributed by atoms with Crippen LogP contribution in [0.25, 0.3) is 0 Å². The van der Waals surface area contributed by atoms with E-state index >= 15 is 0 Å². The number of rotatable bonds is 2. The number of hydrogen-bond acceptors (Lipinski definition) is 2. The van der Waals surface area contributed by atoms with E-state index in [4.69, 9.17) is 10.2 Å². The minimum Gasteiger partial charge on any atom is -0.481 e. The van der Waals surface area contributed by atoms with Gasteiger partial charge in [-0.2, -0.15) is 0 Å². The summed E-state index contributed by atoms with van der Waals surface area (Å²) >= 11 is 0. The van der Waals surface area contributed by atoms with Crippen molar-refractivity contribution in [2.24, 2.45) is 11.8 Å². The molecule has 0 aromatic carbocycles. The van der Waals surface area contributed by atoms with Gasteiger partial charge in [-0.3, -0.25) is 9.59 Å². The second kappa shape index (κ2) is 3.37. The highest BCUT2D eigenvalue weighted by Crippen LogP contribution is 2.34. The van der Waals surface area contributed by atoms with Gasteiger partial charge in [-0.15, -0.1) is 0 Å². The SMILES string of the molecule is C.O=C(O)[C@H]1CC[C@@H]1C(=O)O. The summed E-state index contributed by atoms with van der Waals surface area (Å²) in [6.07, 6.45) is 1.01. The van der Waals surface area contributed by atoms with Gasteiger partial charge in [0.2, 0.25) is 0 Å². The third kappa shape index (κ3) is 1.69. The molecule has 4 nitrogen and oxygen atoms in total. The topological polar surface area (TPSA) is 74.6 Å². The minimum atomic E-state index is -0.987. The van der Waals surface area contributed by atoms with Crippen molar-refractivity contribution in [2.45, 2.75) is 20.3 Å². The normalized spacial score (nSPS) is 28.0. The molecule has 1 aliphatic rings. The monoisotopic (exact) mass is 160 g/mol. The Morgan fingerprint density at radius 3 is 1.36 bits per heavy atom. The number of aliphatic carboxylic acids is 2. The molecule has 4 heteroatoms. The quantitative estimate of drug-likeness (QED) is 0.627. The van der Waals surface area contributed by atoms with Crippen molar-refractivity contribution < 1.29 is 19.8 Å². The number of carboxylic acid groups (broad SMARTS) is 2. The van der Waals surface area contributed by atoms with Crippen molar-refractivity contribution in [3.05, 3.63) is 0 Å². The van der Waals surface area contributed by atoms with Gasteiger partial charge in [0.25, 0.3) is 0 Å². The first kappa shape index (κ1) is 9.94. The molecule has 0 aliphatic heterocycles. The molecule has 64 valence electrons.